The van der Waals surface area contributed by atoms with Crippen LogP contribution in [0.1, 0.15) is 6.92 Å². The summed E-state index contributed by atoms with van der Waals surface area (Å²) >= 11 is 1.24. The van der Waals surface area contributed by atoms with E-state index in [0.717, 1.165) is 16.9 Å². The van der Waals surface area contributed by atoms with E-state index in [1.54, 1.807) is 13.1 Å². The number of aliphatic carboxylic acids is 1. The average Bonchev–Trinajstić information content (AvgIpc) is 3.00. The molecule has 0 bridgehead atoms. The normalized spacial score (nSPS) is 12.0. The fourth-order valence-electron chi connectivity index (χ4n) is 2.27. The van der Waals surface area contributed by atoms with Crippen molar-refractivity contribution in [2.75, 3.05) is 0 Å². The van der Waals surface area contributed by atoms with E-state index in [4.69, 9.17) is 0 Å². The van der Waals surface area contributed by atoms with Crippen LogP contribution in [0.2, 0.25) is 0 Å². The second-order valence-electron chi connectivity index (χ2n) is 5.06. The molecule has 0 aliphatic heterocycles. The first-order chi connectivity index (χ1) is 11.2. The van der Waals surface area contributed by atoms with Gasteiger partial charge in [0, 0.05) is 11.3 Å². The molecule has 0 saturated heterocycles. The highest BCUT2D eigenvalue weighted by atomic mass is 32.2. The molecule has 116 valence electrons. The number of thioether (sulfide) groups is 1. The lowest BCUT2D eigenvalue weighted by Crippen LogP contribution is -2.12. The van der Waals surface area contributed by atoms with Gasteiger partial charge in [-0.05, 0) is 19.1 Å². The number of benzene rings is 2. The van der Waals surface area contributed by atoms with Crippen molar-refractivity contribution < 1.29 is 9.90 Å². The van der Waals surface area contributed by atoms with Crippen LogP contribution in [0.25, 0.3) is 16.9 Å². The van der Waals surface area contributed by atoms with Crippen LogP contribution in [0, 0.1) is 0 Å². The van der Waals surface area contributed by atoms with Gasteiger partial charge < -0.3 is 5.11 Å². The third-order valence-corrected chi connectivity index (χ3v) is 4.50. The Morgan fingerprint density at radius 1 is 1.09 bits per heavy atom. The highest BCUT2D eigenvalue weighted by molar-refractivity contribution is 8.00. The summed E-state index contributed by atoms with van der Waals surface area (Å²) in [5.41, 5.74) is 2.94. The van der Waals surface area contributed by atoms with Gasteiger partial charge in [0.25, 0.3) is 0 Å². The Balaban J connectivity index is 2.11. The van der Waals surface area contributed by atoms with E-state index < -0.39 is 11.2 Å². The summed E-state index contributed by atoms with van der Waals surface area (Å²) < 4.78 is 2.00. The number of carboxylic acids is 1. The van der Waals surface area contributed by atoms with Crippen molar-refractivity contribution >= 4 is 17.7 Å². The van der Waals surface area contributed by atoms with Crippen molar-refractivity contribution in [1.82, 2.24) is 9.55 Å². The molecule has 0 saturated carbocycles. The Bertz CT molecular complexity index is 800. The van der Waals surface area contributed by atoms with Gasteiger partial charge in [-0.25, -0.2) is 4.98 Å². The molecule has 0 aliphatic rings. The second-order valence-corrected chi connectivity index (χ2v) is 6.37. The van der Waals surface area contributed by atoms with E-state index in [9.17, 15) is 9.90 Å². The fourth-order valence-corrected chi connectivity index (χ4v) is 3.11. The van der Waals surface area contributed by atoms with Crippen molar-refractivity contribution in [2.45, 2.75) is 17.3 Å². The monoisotopic (exact) mass is 324 g/mol. The third-order valence-electron chi connectivity index (χ3n) is 3.44. The first-order valence-electron chi connectivity index (χ1n) is 7.25. The number of nitrogens with zero attached hydrogens (tertiary/aromatic N) is 2. The minimum Gasteiger partial charge on any atom is -0.480 e. The molecule has 4 nitrogen and oxygen atoms in total. The van der Waals surface area contributed by atoms with E-state index in [1.165, 1.54) is 11.8 Å². The highest BCUT2D eigenvalue weighted by Crippen LogP contribution is 2.31. The van der Waals surface area contributed by atoms with E-state index >= 15 is 0 Å². The first kappa shape index (κ1) is 15.4. The van der Waals surface area contributed by atoms with Gasteiger partial charge in [-0.2, -0.15) is 0 Å². The van der Waals surface area contributed by atoms with Gasteiger partial charge in [-0.1, -0.05) is 60.3 Å². The molecule has 1 N–H and O–H groups in total. The zero-order valence-corrected chi connectivity index (χ0v) is 13.4. The van der Waals surface area contributed by atoms with Crippen molar-refractivity contribution in [2.24, 2.45) is 0 Å². The quantitative estimate of drug-likeness (QED) is 0.718. The van der Waals surface area contributed by atoms with Crippen molar-refractivity contribution in [1.29, 1.82) is 0 Å². The molecule has 0 spiro atoms. The maximum Gasteiger partial charge on any atom is 0.316 e. The zero-order valence-electron chi connectivity index (χ0n) is 12.6. The summed E-state index contributed by atoms with van der Waals surface area (Å²) in [4.78, 5) is 15.6. The maximum absolute atomic E-state index is 11.2. The fraction of sp³-hybridized carbons (Fsp3) is 0.111. The maximum atomic E-state index is 11.2. The summed E-state index contributed by atoms with van der Waals surface area (Å²) in [6, 6.07) is 19.8. The molecular weight excluding hydrogens is 308 g/mol. The summed E-state index contributed by atoms with van der Waals surface area (Å²) in [5, 5.41) is 9.28. The van der Waals surface area contributed by atoms with Crippen LogP contribution in [-0.2, 0) is 4.79 Å². The molecule has 0 amide bonds. The second kappa shape index (κ2) is 6.71. The van der Waals surface area contributed by atoms with Crippen LogP contribution < -0.4 is 0 Å². The van der Waals surface area contributed by atoms with Crippen molar-refractivity contribution in [3.63, 3.8) is 0 Å². The van der Waals surface area contributed by atoms with Gasteiger partial charge in [0.15, 0.2) is 5.16 Å². The lowest BCUT2D eigenvalue weighted by molar-refractivity contribution is -0.136. The van der Waals surface area contributed by atoms with E-state index in [0.29, 0.717) is 5.16 Å². The molecule has 0 unspecified atom stereocenters. The molecule has 1 aromatic heterocycles. The topological polar surface area (TPSA) is 55.1 Å². The molecule has 2 aromatic carbocycles. The molecule has 0 fully saturated rings. The van der Waals surface area contributed by atoms with Crippen LogP contribution in [-0.4, -0.2) is 25.9 Å². The Kier molecular flexibility index (Phi) is 4.48. The number of hydrogen-bond acceptors (Lipinski definition) is 3. The zero-order chi connectivity index (χ0) is 16.2. The lowest BCUT2D eigenvalue weighted by atomic mass is 10.1. The van der Waals surface area contributed by atoms with Gasteiger partial charge in [-0.3, -0.25) is 9.36 Å². The molecule has 3 rings (SSSR count). The SMILES string of the molecule is C[C@@H](Sc1ncc(-c2ccccc2)n1-c1ccccc1)C(=O)O. The van der Waals surface area contributed by atoms with E-state index in [-0.39, 0.29) is 0 Å². The smallest absolute Gasteiger partial charge is 0.316 e. The molecular formula is C18H16N2O2S. The molecule has 0 radical (unpaired) electrons. The predicted octanol–water partition coefficient (Wildman–Crippen LogP) is 4.10. The summed E-state index contributed by atoms with van der Waals surface area (Å²) in [7, 11) is 0. The number of aromatic nitrogens is 2. The Morgan fingerprint density at radius 3 is 2.30 bits per heavy atom. The average molecular weight is 324 g/mol. The van der Waals surface area contributed by atoms with Gasteiger partial charge in [-0.15, -0.1) is 0 Å². The van der Waals surface area contributed by atoms with Crippen molar-refractivity contribution in [3.8, 4) is 16.9 Å². The molecule has 5 heteroatoms. The van der Waals surface area contributed by atoms with Gasteiger partial charge in [0.2, 0.25) is 0 Å². The minimum atomic E-state index is -0.848. The molecule has 1 atom stereocenters. The number of hydrogen-bond donors (Lipinski definition) is 1. The third kappa shape index (κ3) is 3.29. The van der Waals surface area contributed by atoms with E-state index in [1.807, 2.05) is 65.2 Å². The van der Waals surface area contributed by atoms with Gasteiger partial charge in [0.1, 0.15) is 5.25 Å². The molecule has 0 aliphatic carbocycles. The molecule has 1 heterocycles. The van der Waals surface area contributed by atoms with Crippen LogP contribution in [0.4, 0.5) is 0 Å². The Hall–Kier alpha value is -2.53. The lowest BCUT2D eigenvalue weighted by Gasteiger charge is -2.13. The largest absolute Gasteiger partial charge is 0.480 e. The number of carboxylic acid groups (broad SMARTS) is 1. The van der Waals surface area contributed by atoms with Crippen LogP contribution in [0.5, 0.6) is 0 Å². The first-order valence-corrected chi connectivity index (χ1v) is 8.13. The van der Waals surface area contributed by atoms with Gasteiger partial charge in [0.05, 0.1) is 11.9 Å². The van der Waals surface area contributed by atoms with Crippen LogP contribution in [0.15, 0.2) is 72.0 Å². The van der Waals surface area contributed by atoms with Crippen LogP contribution in [0.3, 0.4) is 0 Å². The summed E-state index contributed by atoms with van der Waals surface area (Å²) in [6.07, 6.45) is 1.79. The standard InChI is InChI=1S/C18H16N2O2S/c1-13(17(21)22)23-18-19-12-16(14-8-4-2-5-9-14)20(18)15-10-6-3-7-11-15/h2-13H,1H3,(H,21,22)/t13-/m1/s1. The molecule has 23 heavy (non-hydrogen) atoms. The number of imidazole rings is 1. The summed E-state index contributed by atoms with van der Waals surface area (Å²) in [5.74, 6) is -0.848. The van der Waals surface area contributed by atoms with Crippen LogP contribution >= 0.6 is 11.8 Å². The number of para-hydroxylation sites is 1. The predicted molar refractivity (Wildman–Crippen MR) is 92.0 cm³/mol. The summed E-state index contributed by atoms with van der Waals surface area (Å²) in [6.45, 7) is 1.67. The highest BCUT2D eigenvalue weighted by Gasteiger charge is 2.19. The van der Waals surface area contributed by atoms with Crippen molar-refractivity contribution in [3.05, 3.63) is 66.9 Å². The molecule has 3 aromatic rings. The minimum absolute atomic E-state index is 0.566. The number of carbonyl (C=O) groups is 1. The Labute approximate surface area is 138 Å². The Morgan fingerprint density at radius 2 is 1.70 bits per heavy atom. The van der Waals surface area contributed by atoms with Gasteiger partial charge >= 0.3 is 5.97 Å². The van der Waals surface area contributed by atoms with E-state index in [2.05, 4.69) is 4.98 Å². The number of rotatable bonds is 5.